The summed E-state index contributed by atoms with van der Waals surface area (Å²) in [7, 11) is 0. The molecular formula is C13H8Cl3N. The van der Waals surface area contributed by atoms with E-state index in [1.165, 1.54) is 0 Å². The third kappa shape index (κ3) is 3.01. The largest absolute Gasteiger partial charge is 0.255 e. The number of benzene rings is 2. The SMILES string of the molecule is Clc1ccccc1N=Cc1c(Cl)cccc1Cl. The van der Waals surface area contributed by atoms with Gasteiger partial charge in [-0.15, -0.1) is 0 Å². The van der Waals surface area contributed by atoms with Crippen molar-refractivity contribution in [2.24, 2.45) is 4.99 Å². The monoisotopic (exact) mass is 283 g/mol. The maximum atomic E-state index is 6.03. The molecule has 2 rings (SSSR count). The Morgan fingerprint density at radius 3 is 2.00 bits per heavy atom. The Bertz CT molecular complexity index is 544. The number of halogens is 3. The molecule has 0 unspecified atom stereocenters. The van der Waals surface area contributed by atoms with Crippen LogP contribution in [0.1, 0.15) is 5.56 Å². The molecule has 1 nitrogen and oxygen atoms in total. The average Bonchev–Trinajstić information content (AvgIpc) is 2.30. The molecule has 0 heterocycles. The van der Waals surface area contributed by atoms with Crippen molar-refractivity contribution in [2.75, 3.05) is 0 Å². The Balaban J connectivity index is 2.36. The molecule has 0 amide bonds. The van der Waals surface area contributed by atoms with Crippen LogP contribution in [0.2, 0.25) is 15.1 Å². The van der Waals surface area contributed by atoms with Crippen molar-refractivity contribution in [3.63, 3.8) is 0 Å². The van der Waals surface area contributed by atoms with E-state index >= 15 is 0 Å². The van der Waals surface area contributed by atoms with Gasteiger partial charge in [-0.25, -0.2) is 0 Å². The molecule has 0 radical (unpaired) electrons. The second kappa shape index (κ2) is 5.54. The van der Waals surface area contributed by atoms with Crippen molar-refractivity contribution in [3.05, 3.63) is 63.1 Å². The number of hydrogen-bond donors (Lipinski definition) is 0. The molecule has 0 aliphatic heterocycles. The molecule has 0 aliphatic carbocycles. The first kappa shape index (κ1) is 12.4. The number of para-hydroxylation sites is 1. The van der Waals surface area contributed by atoms with E-state index in [-0.39, 0.29) is 0 Å². The maximum Gasteiger partial charge on any atom is 0.0816 e. The third-order valence-electron chi connectivity index (χ3n) is 2.18. The Morgan fingerprint density at radius 2 is 1.35 bits per heavy atom. The van der Waals surface area contributed by atoms with E-state index < -0.39 is 0 Å². The summed E-state index contributed by atoms with van der Waals surface area (Å²) < 4.78 is 0. The van der Waals surface area contributed by atoms with Crippen LogP contribution in [0.4, 0.5) is 5.69 Å². The minimum atomic E-state index is 0.563. The van der Waals surface area contributed by atoms with Crippen LogP contribution in [-0.4, -0.2) is 6.21 Å². The second-order valence-corrected chi connectivity index (χ2v) is 4.57. The maximum absolute atomic E-state index is 6.03. The highest BCUT2D eigenvalue weighted by atomic mass is 35.5. The predicted octanol–water partition coefficient (Wildman–Crippen LogP) is 5.40. The molecule has 4 heteroatoms. The predicted molar refractivity (Wildman–Crippen MR) is 75.2 cm³/mol. The van der Waals surface area contributed by atoms with E-state index in [1.54, 1.807) is 30.5 Å². The summed E-state index contributed by atoms with van der Waals surface area (Å²) >= 11 is 18.0. The van der Waals surface area contributed by atoms with Crippen molar-refractivity contribution in [1.82, 2.24) is 0 Å². The zero-order chi connectivity index (χ0) is 12.3. The Labute approximate surface area is 115 Å². The molecule has 0 saturated heterocycles. The lowest BCUT2D eigenvalue weighted by molar-refractivity contribution is 1.52. The molecule has 2 aromatic rings. The van der Waals surface area contributed by atoms with Crippen LogP contribution in [0.3, 0.4) is 0 Å². The molecule has 0 aliphatic rings. The number of aliphatic imine (C=N–C) groups is 1. The van der Waals surface area contributed by atoms with Gasteiger partial charge in [0.25, 0.3) is 0 Å². The first-order valence-corrected chi connectivity index (χ1v) is 6.04. The van der Waals surface area contributed by atoms with Crippen molar-refractivity contribution in [3.8, 4) is 0 Å². The van der Waals surface area contributed by atoms with E-state index in [4.69, 9.17) is 34.8 Å². The van der Waals surface area contributed by atoms with Crippen LogP contribution in [0.25, 0.3) is 0 Å². The molecule has 0 N–H and O–H groups in total. The third-order valence-corrected chi connectivity index (χ3v) is 3.16. The van der Waals surface area contributed by atoms with Crippen LogP contribution in [0.5, 0.6) is 0 Å². The average molecular weight is 285 g/mol. The van der Waals surface area contributed by atoms with Crippen molar-refractivity contribution in [2.45, 2.75) is 0 Å². The molecular weight excluding hydrogens is 277 g/mol. The number of nitrogens with zero attached hydrogens (tertiary/aromatic N) is 1. The van der Waals surface area contributed by atoms with Gasteiger partial charge in [0, 0.05) is 11.8 Å². The van der Waals surface area contributed by atoms with Gasteiger partial charge in [0.05, 0.1) is 20.8 Å². The standard InChI is InChI=1S/C13H8Cl3N/c14-10-5-3-6-11(15)9(10)8-17-13-7-2-1-4-12(13)16/h1-8H. The van der Waals surface area contributed by atoms with Gasteiger partial charge in [-0.1, -0.05) is 53.0 Å². The lowest BCUT2D eigenvalue weighted by Gasteiger charge is -2.01. The highest BCUT2D eigenvalue weighted by Gasteiger charge is 2.02. The lowest BCUT2D eigenvalue weighted by Crippen LogP contribution is -1.84. The summed E-state index contributed by atoms with van der Waals surface area (Å²) in [6.45, 7) is 0. The Hall–Kier alpha value is -1.02. The van der Waals surface area contributed by atoms with Gasteiger partial charge in [-0.2, -0.15) is 0 Å². The summed E-state index contributed by atoms with van der Waals surface area (Å²) in [5, 5.41) is 1.72. The highest BCUT2D eigenvalue weighted by Crippen LogP contribution is 2.26. The van der Waals surface area contributed by atoms with Crippen LogP contribution < -0.4 is 0 Å². The van der Waals surface area contributed by atoms with Gasteiger partial charge < -0.3 is 0 Å². The van der Waals surface area contributed by atoms with Gasteiger partial charge >= 0.3 is 0 Å². The first-order valence-electron chi connectivity index (χ1n) is 4.91. The number of rotatable bonds is 2. The molecule has 0 bridgehead atoms. The van der Waals surface area contributed by atoms with Crippen LogP contribution in [-0.2, 0) is 0 Å². The lowest BCUT2D eigenvalue weighted by atomic mass is 10.2. The topological polar surface area (TPSA) is 12.4 Å². The molecule has 0 fully saturated rings. The fourth-order valence-corrected chi connectivity index (χ4v) is 2.00. The minimum absolute atomic E-state index is 0.563. The zero-order valence-electron chi connectivity index (χ0n) is 8.70. The molecule has 0 aromatic heterocycles. The Morgan fingerprint density at radius 1 is 0.765 bits per heavy atom. The Kier molecular flexibility index (Phi) is 4.06. The van der Waals surface area contributed by atoms with Crippen LogP contribution in [0, 0.1) is 0 Å². The number of hydrogen-bond acceptors (Lipinski definition) is 1. The zero-order valence-corrected chi connectivity index (χ0v) is 11.0. The smallest absolute Gasteiger partial charge is 0.0816 e. The van der Waals surface area contributed by atoms with E-state index in [2.05, 4.69) is 4.99 Å². The van der Waals surface area contributed by atoms with Gasteiger partial charge in [-0.3, -0.25) is 4.99 Å². The first-order chi connectivity index (χ1) is 8.18. The van der Waals surface area contributed by atoms with E-state index in [0.29, 0.717) is 26.3 Å². The molecule has 86 valence electrons. The molecule has 2 aromatic carbocycles. The van der Waals surface area contributed by atoms with E-state index in [9.17, 15) is 0 Å². The summed E-state index contributed by atoms with van der Waals surface area (Å²) in [5.74, 6) is 0. The van der Waals surface area contributed by atoms with Crippen molar-refractivity contribution >= 4 is 46.7 Å². The van der Waals surface area contributed by atoms with E-state index in [0.717, 1.165) is 0 Å². The van der Waals surface area contributed by atoms with Crippen LogP contribution >= 0.6 is 34.8 Å². The summed E-state index contributed by atoms with van der Waals surface area (Å²) in [5.41, 5.74) is 1.38. The van der Waals surface area contributed by atoms with Gasteiger partial charge in [0.15, 0.2) is 0 Å². The summed E-state index contributed by atoms with van der Waals surface area (Å²) in [6.07, 6.45) is 1.62. The van der Waals surface area contributed by atoms with Crippen LogP contribution in [0.15, 0.2) is 47.5 Å². The fraction of sp³-hybridized carbons (Fsp3) is 0. The second-order valence-electron chi connectivity index (χ2n) is 3.34. The fourth-order valence-electron chi connectivity index (χ4n) is 1.32. The van der Waals surface area contributed by atoms with Gasteiger partial charge in [0.1, 0.15) is 0 Å². The molecule has 0 atom stereocenters. The van der Waals surface area contributed by atoms with Crippen molar-refractivity contribution < 1.29 is 0 Å². The molecule has 0 spiro atoms. The summed E-state index contributed by atoms with van der Waals surface area (Å²) in [4.78, 5) is 4.27. The molecule has 17 heavy (non-hydrogen) atoms. The van der Waals surface area contributed by atoms with Crippen molar-refractivity contribution in [1.29, 1.82) is 0 Å². The summed E-state index contributed by atoms with van der Waals surface area (Å²) in [6, 6.07) is 12.6. The van der Waals surface area contributed by atoms with E-state index in [1.807, 2.05) is 18.2 Å². The van der Waals surface area contributed by atoms with Gasteiger partial charge in [0.2, 0.25) is 0 Å². The normalized spacial score (nSPS) is 11.0. The highest BCUT2D eigenvalue weighted by molar-refractivity contribution is 6.38. The molecule has 0 saturated carbocycles. The quantitative estimate of drug-likeness (QED) is 0.655. The van der Waals surface area contributed by atoms with Gasteiger partial charge in [-0.05, 0) is 24.3 Å². The minimum Gasteiger partial charge on any atom is -0.255 e.